The highest BCUT2D eigenvalue weighted by molar-refractivity contribution is 9.09. The van der Waals surface area contributed by atoms with Crippen LogP contribution in [-0.2, 0) is 30.5 Å². The van der Waals surface area contributed by atoms with Crippen LogP contribution in [-0.4, -0.2) is 47.3 Å². The summed E-state index contributed by atoms with van der Waals surface area (Å²) < 4.78 is 10.3. The number of benzene rings is 1. The molecule has 0 aliphatic heterocycles. The Labute approximate surface area is 156 Å². The molecule has 138 valence electrons. The van der Waals surface area contributed by atoms with E-state index in [0.29, 0.717) is 0 Å². The van der Waals surface area contributed by atoms with E-state index in [0.717, 1.165) is 5.56 Å². The third-order valence-electron chi connectivity index (χ3n) is 3.47. The summed E-state index contributed by atoms with van der Waals surface area (Å²) in [6.45, 7) is 5.31. The van der Waals surface area contributed by atoms with Gasteiger partial charge in [0.15, 0.2) is 0 Å². The molecule has 1 atom stereocenters. The molecule has 1 aromatic carbocycles. The minimum Gasteiger partial charge on any atom is -0.465 e. The summed E-state index contributed by atoms with van der Waals surface area (Å²) in [4.78, 5) is 37.8. The van der Waals surface area contributed by atoms with E-state index in [9.17, 15) is 14.4 Å². The van der Waals surface area contributed by atoms with Gasteiger partial charge in [0.25, 0.3) is 0 Å². The molecule has 1 rings (SSSR count). The molecule has 0 radical (unpaired) electrons. The molecule has 0 aliphatic rings. The van der Waals surface area contributed by atoms with Gasteiger partial charge in [-0.25, -0.2) is 4.79 Å². The first-order valence-electron chi connectivity index (χ1n) is 8.12. The lowest BCUT2D eigenvalue weighted by atomic mass is 10.0. The van der Waals surface area contributed by atoms with Crippen LogP contribution < -0.4 is 0 Å². The second-order valence-electron chi connectivity index (χ2n) is 5.74. The van der Waals surface area contributed by atoms with E-state index in [2.05, 4.69) is 15.9 Å². The van der Waals surface area contributed by atoms with Gasteiger partial charge in [-0.2, -0.15) is 0 Å². The summed E-state index contributed by atoms with van der Waals surface area (Å²) in [6, 6.07) is 8.40. The lowest BCUT2D eigenvalue weighted by molar-refractivity contribution is -0.161. The molecule has 1 amide bonds. The first-order chi connectivity index (χ1) is 11.9. The summed E-state index contributed by atoms with van der Waals surface area (Å²) >= 11 is 3.09. The first-order valence-corrected chi connectivity index (χ1v) is 9.24. The fraction of sp³-hybridized carbons (Fsp3) is 0.500. The SMILES string of the molecule is CCOC(=O)CN(C(=O)CBr)C(C(=O)OCc1ccccc1)C(C)C. The van der Waals surface area contributed by atoms with Gasteiger partial charge < -0.3 is 14.4 Å². The molecule has 0 saturated carbocycles. The molecule has 1 unspecified atom stereocenters. The number of hydrogen-bond acceptors (Lipinski definition) is 5. The molecule has 6 nitrogen and oxygen atoms in total. The van der Waals surface area contributed by atoms with Crippen LogP contribution in [0.1, 0.15) is 26.3 Å². The summed E-state index contributed by atoms with van der Waals surface area (Å²) in [7, 11) is 0. The van der Waals surface area contributed by atoms with Crippen molar-refractivity contribution in [2.24, 2.45) is 5.92 Å². The zero-order chi connectivity index (χ0) is 18.8. The van der Waals surface area contributed by atoms with Crippen molar-refractivity contribution in [3.05, 3.63) is 35.9 Å². The van der Waals surface area contributed by atoms with Crippen molar-refractivity contribution in [2.75, 3.05) is 18.5 Å². The van der Waals surface area contributed by atoms with Crippen molar-refractivity contribution in [3.8, 4) is 0 Å². The summed E-state index contributed by atoms with van der Waals surface area (Å²) in [5.74, 6) is -1.69. The van der Waals surface area contributed by atoms with Gasteiger partial charge in [0.2, 0.25) is 5.91 Å². The Hall–Kier alpha value is -1.89. The highest BCUT2D eigenvalue weighted by Crippen LogP contribution is 2.16. The van der Waals surface area contributed by atoms with Gasteiger partial charge in [-0.1, -0.05) is 60.1 Å². The number of amides is 1. The maximum absolute atomic E-state index is 12.6. The number of nitrogens with zero attached hydrogens (tertiary/aromatic N) is 1. The molecule has 0 heterocycles. The van der Waals surface area contributed by atoms with Crippen molar-refractivity contribution in [1.82, 2.24) is 4.90 Å². The standard InChI is InChI=1S/C18H24BrNO5/c1-4-24-16(22)11-20(15(21)10-19)17(13(2)3)18(23)25-12-14-8-6-5-7-9-14/h5-9,13,17H,4,10-12H2,1-3H3. The van der Waals surface area contributed by atoms with E-state index >= 15 is 0 Å². The van der Waals surface area contributed by atoms with Crippen molar-refractivity contribution in [1.29, 1.82) is 0 Å². The number of esters is 2. The highest BCUT2D eigenvalue weighted by Gasteiger charge is 2.34. The first kappa shape index (κ1) is 21.2. The topological polar surface area (TPSA) is 72.9 Å². The van der Waals surface area contributed by atoms with Gasteiger partial charge >= 0.3 is 11.9 Å². The Balaban J connectivity index is 2.88. The zero-order valence-electron chi connectivity index (χ0n) is 14.7. The summed E-state index contributed by atoms with van der Waals surface area (Å²) in [5.41, 5.74) is 0.849. The summed E-state index contributed by atoms with van der Waals surface area (Å²) in [6.07, 6.45) is 0. The quantitative estimate of drug-likeness (QED) is 0.459. The second-order valence-corrected chi connectivity index (χ2v) is 6.30. The second kappa shape index (κ2) is 10.9. The highest BCUT2D eigenvalue weighted by atomic mass is 79.9. The third kappa shape index (κ3) is 6.86. The average Bonchev–Trinajstić information content (AvgIpc) is 2.59. The van der Waals surface area contributed by atoms with Gasteiger partial charge in [0.05, 0.1) is 11.9 Å². The Bertz CT molecular complexity index is 576. The van der Waals surface area contributed by atoms with Crippen LogP contribution in [0.2, 0.25) is 0 Å². The normalized spacial score (nSPS) is 11.7. The lowest BCUT2D eigenvalue weighted by Gasteiger charge is -2.31. The van der Waals surface area contributed by atoms with E-state index in [4.69, 9.17) is 9.47 Å². The van der Waals surface area contributed by atoms with Crippen molar-refractivity contribution >= 4 is 33.8 Å². The van der Waals surface area contributed by atoms with Crippen LogP contribution in [0.5, 0.6) is 0 Å². The van der Waals surface area contributed by atoms with Crippen LogP contribution in [0.3, 0.4) is 0 Å². The number of ether oxygens (including phenoxy) is 2. The van der Waals surface area contributed by atoms with Crippen LogP contribution in [0.4, 0.5) is 0 Å². The number of alkyl halides is 1. The molecule has 0 N–H and O–H groups in total. The Morgan fingerprint density at radius 3 is 2.28 bits per heavy atom. The Morgan fingerprint density at radius 2 is 1.76 bits per heavy atom. The molecular formula is C18H24BrNO5. The van der Waals surface area contributed by atoms with Crippen LogP contribution >= 0.6 is 15.9 Å². The van der Waals surface area contributed by atoms with Gasteiger partial charge in [-0.15, -0.1) is 0 Å². The number of halogens is 1. The minimum absolute atomic E-state index is 0.00158. The zero-order valence-corrected chi connectivity index (χ0v) is 16.3. The Morgan fingerprint density at radius 1 is 1.12 bits per heavy atom. The van der Waals surface area contributed by atoms with Gasteiger partial charge in [0, 0.05) is 0 Å². The molecule has 1 aromatic rings. The predicted octanol–water partition coefficient (Wildman–Crippen LogP) is 2.54. The van der Waals surface area contributed by atoms with Crippen molar-refractivity contribution < 1.29 is 23.9 Å². The molecular weight excluding hydrogens is 390 g/mol. The monoisotopic (exact) mass is 413 g/mol. The lowest BCUT2D eigenvalue weighted by Crippen LogP contribution is -2.51. The smallest absolute Gasteiger partial charge is 0.329 e. The predicted molar refractivity (Wildman–Crippen MR) is 97.0 cm³/mol. The maximum Gasteiger partial charge on any atom is 0.329 e. The van der Waals surface area contributed by atoms with Crippen LogP contribution in [0.15, 0.2) is 30.3 Å². The van der Waals surface area contributed by atoms with Gasteiger partial charge in [-0.05, 0) is 18.4 Å². The largest absolute Gasteiger partial charge is 0.465 e. The number of carbonyl (C=O) groups is 3. The van der Waals surface area contributed by atoms with Crippen LogP contribution in [0.25, 0.3) is 0 Å². The maximum atomic E-state index is 12.6. The van der Waals surface area contributed by atoms with Crippen molar-refractivity contribution in [2.45, 2.75) is 33.4 Å². The van der Waals surface area contributed by atoms with E-state index < -0.39 is 18.0 Å². The molecule has 0 saturated heterocycles. The van der Waals surface area contributed by atoms with E-state index in [1.807, 2.05) is 30.3 Å². The molecule has 0 aliphatic carbocycles. The van der Waals surface area contributed by atoms with E-state index in [1.165, 1.54) is 4.90 Å². The number of carbonyl (C=O) groups excluding carboxylic acids is 3. The molecule has 25 heavy (non-hydrogen) atoms. The average molecular weight is 414 g/mol. The minimum atomic E-state index is -0.863. The molecule has 0 bridgehead atoms. The summed E-state index contributed by atoms with van der Waals surface area (Å²) in [5, 5.41) is 0.00158. The van der Waals surface area contributed by atoms with Crippen molar-refractivity contribution in [3.63, 3.8) is 0 Å². The number of rotatable bonds is 9. The van der Waals surface area contributed by atoms with Gasteiger partial charge in [-0.3, -0.25) is 9.59 Å². The fourth-order valence-electron chi connectivity index (χ4n) is 2.34. The molecule has 0 aromatic heterocycles. The third-order valence-corrected chi connectivity index (χ3v) is 3.95. The van der Waals surface area contributed by atoms with Gasteiger partial charge in [0.1, 0.15) is 19.2 Å². The molecule has 7 heteroatoms. The molecule has 0 fully saturated rings. The fourth-order valence-corrected chi connectivity index (χ4v) is 2.66. The van der Waals surface area contributed by atoms with E-state index in [1.54, 1.807) is 20.8 Å². The Kier molecular flexibility index (Phi) is 9.20. The van der Waals surface area contributed by atoms with Crippen LogP contribution in [0, 0.1) is 5.92 Å². The molecule has 0 spiro atoms. The van der Waals surface area contributed by atoms with E-state index in [-0.39, 0.29) is 36.9 Å². The number of hydrogen-bond donors (Lipinski definition) is 0.